The van der Waals surface area contributed by atoms with E-state index in [0.717, 1.165) is 5.56 Å². The normalized spacial score (nSPS) is 11.6. The van der Waals surface area contributed by atoms with E-state index >= 15 is 0 Å². The van der Waals surface area contributed by atoms with Gasteiger partial charge in [0.15, 0.2) is 0 Å². The van der Waals surface area contributed by atoms with Crippen LogP contribution in [0.1, 0.15) is 5.56 Å². The second kappa shape index (κ2) is 6.44. The Morgan fingerprint density at radius 1 is 1.10 bits per heavy atom. The van der Waals surface area contributed by atoms with Gasteiger partial charge in [0.1, 0.15) is 0 Å². The average molecular weight is 329 g/mol. The van der Waals surface area contributed by atoms with Crippen LogP contribution in [-0.2, 0) is 10.0 Å². The number of hydrogen-bond acceptors (Lipinski definition) is 3. The molecule has 0 radical (unpaired) electrons. The van der Waals surface area contributed by atoms with Crippen molar-refractivity contribution < 1.29 is 17.2 Å². The molecule has 0 aliphatic heterocycles. The van der Waals surface area contributed by atoms with Crippen molar-refractivity contribution in [2.24, 2.45) is 0 Å². The lowest BCUT2D eigenvalue weighted by molar-refractivity contribution is 0.252. The summed E-state index contributed by atoms with van der Waals surface area (Å²) in [4.78, 5) is 0.425. The summed E-state index contributed by atoms with van der Waals surface area (Å²) in [5.41, 5.74) is 1.20. The van der Waals surface area contributed by atoms with Gasteiger partial charge in [0.2, 0.25) is 0 Å². The van der Waals surface area contributed by atoms with Gasteiger partial charge in [-0.3, -0.25) is 4.72 Å². The fraction of sp³-hybridized carbons (Fsp3) is 0.143. The highest BCUT2D eigenvalue weighted by atomic mass is 32.2. The molecule has 2 aromatic carbocycles. The summed E-state index contributed by atoms with van der Waals surface area (Å²) in [7, 11) is -3.72. The summed E-state index contributed by atoms with van der Waals surface area (Å²) in [5.74, 6) is -2.55. The van der Waals surface area contributed by atoms with E-state index in [1.165, 1.54) is 36.4 Å². The van der Waals surface area contributed by atoms with Crippen molar-refractivity contribution in [2.75, 3.05) is 4.72 Å². The molecule has 112 valence electrons. The first kappa shape index (κ1) is 15.8. The highest BCUT2D eigenvalue weighted by Crippen LogP contribution is 2.28. The fourth-order valence-electron chi connectivity index (χ4n) is 1.67. The van der Waals surface area contributed by atoms with Crippen LogP contribution in [0.15, 0.2) is 58.3 Å². The third-order valence-electron chi connectivity index (χ3n) is 2.64. The van der Waals surface area contributed by atoms with E-state index in [0.29, 0.717) is 16.7 Å². The van der Waals surface area contributed by atoms with Gasteiger partial charge in [-0.1, -0.05) is 35.5 Å². The van der Waals surface area contributed by atoms with E-state index in [1.807, 2.05) is 6.92 Å². The van der Waals surface area contributed by atoms with E-state index in [-0.39, 0.29) is 10.6 Å². The summed E-state index contributed by atoms with van der Waals surface area (Å²) < 4.78 is 51.4. The molecule has 0 amide bonds. The predicted octanol–water partition coefficient (Wildman–Crippen LogP) is 4.11. The first-order valence-corrected chi connectivity index (χ1v) is 8.37. The van der Waals surface area contributed by atoms with Crippen molar-refractivity contribution in [3.05, 3.63) is 54.1 Å². The van der Waals surface area contributed by atoms with E-state index in [9.17, 15) is 17.2 Å². The number of anilines is 1. The molecular formula is C14H13F2NO2S2. The molecule has 0 heterocycles. The van der Waals surface area contributed by atoms with Gasteiger partial charge in [-0.05, 0) is 37.3 Å². The van der Waals surface area contributed by atoms with Crippen molar-refractivity contribution in [3.63, 3.8) is 0 Å². The van der Waals surface area contributed by atoms with Gasteiger partial charge in [0.05, 0.1) is 4.90 Å². The molecule has 0 fully saturated rings. The van der Waals surface area contributed by atoms with Gasteiger partial charge in [-0.25, -0.2) is 8.42 Å². The van der Waals surface area contributed by atoms with Crippen molar-refractivity contribution in [2.45, 2.75) is 22.5 Å². The monoisotopic (exact) mass is 329 g/mol. The van der Waals surface area contributed by atoms with Gasteiger partial charge in [0.25, 0.3) is 15.8 Å². The molecule has 0 saturated heterocycles. The molecule has 1 N–H and O–H groups in total. The smallest absolute Gasteiger partial charge is 0.280 e. The third-order valence-corrected chi connectivity index (χ3v) is 4.74. The maximum atomic E-state index is 12.3. The van der Waals surface area contributed by atoms with Gasteiger partial charge in [-0.15, -0.1) is 0 Å². The zero-order valence-electron chi connectivity index (χ0n) is 11.1. The summed E-state index contributed by atoms with van der Waals surface area (Å²) in [5, 5.41) is 0. The summed E-state index contributed by atoms with van der Waals surface area (Å²) in [6.07, 6.45) is 0. The third kappa shape index (κ3) is 4.44. The number of hydrogen-bond donors (Lipinski definition) is 1. The predicted molar refractivity (Wildman–Crippen MR) is 80.3 cm³/mol. The molecule has 0 atom stereocenters. The van der Waals surface area contributed by atoms with Crippen molar-refractivity contribution in [3.8, 4) is 0 Å². The lowest BCUT2D eigenvalue weighted by atomic mass is 10.2. The highest BCUT2D eigenvalue weighted by molar-refractivity contribution is 7.99. The number of alkyl halides is 2. The first-order valence-electron chi connectivity index (χ1n) is 6.01. The molecule has 2 rings (SSSR count). The molecule has 21 heavy (non-hydrogen) atoms. The molecule has 0 aliphatic carbocycles. The molecule has 3 nitrogen and oxygen atoms in total. The minimum absolute atomic E-state index is 0.125. The number of rotatable bonds is 5. The quantitative estimate of drug-likeness (QED) is 0.840. The van der Waals surface area contributed by atoms with E-state index in [2.05, 4.69) is 4.72 Å². The van der Waals surface area contributed by atoms with Crippen LogP contribution in [0.2, 0.25) is 0 Å². The zero-order valence-corrected chi connectivity index (χ0v) is 12.7. The molecule has 0 bridgehead atoms. The van der Waals surface area contributed by atoms with Crippen LogP contribution in [0.4, 0.5) is 14.5 Å². The molecule has 0 spiro atoms. The largest absolute Gasteiger partial charge is 0.288 e. The van der Waals surface area contributed by atoms with E-state index in [1.54, 1.807) is 12.1 Å². The van der Waals surface area contributed by atoms with Gasteiger partial charge in [-0.2, -0.15) is 8.78 Å². The maximum absolute atomic E-state index is 12.3. The van der Waals surface area contributed by atoms with Gasteiger partial charge >= 0.3 is 0 Å². The zero-order chi connectivity index (χ0) is 15.5. The second-order valence-electron chi connectivity index (χ2n) is 4.32. The van der Waals surface area contributed by atoms with E-state index in [4.69, 9.17) is 0 Å². The minimum Gasteiger partial charge on any atom is -0.280 e. The number of thioether (sulfide) groups is 1. The minimum atomic E-state index is -3.72. The number of aryl methyl sites for hydroxylation is 1. The molecule has 7 heteroatoms. The van der Waals surface area contributed by atoms with Crippen LogP contribution in [0.25, 0.3) is 0 Å². The van der Waals surface area contributed by atoms with E-state index < -0.39 is 15.8 Å². The Morgan fingerprint density at radius 3 is 2.38 bits per heavy atom. The highest BCUT2D eigenvalue weighted by Gasteiger charge is 2.14. The molecule has 0 aliphatic rings. The SMILES string of the molecule is Cc1ccc(S(=O)(=O)Nc2cccc(SC(F)F)c2)cc1. The maximum Gasteiger partial charge on any atom is 0.288 e. The Kier molecular flexibility index (Phi) is 4.84. The number of halogens is 2. The Bertz CT molecular complexity index is 716. The Balaban J connectivity index is 2.22. The van der Waals surface area contributed by atoms with Gasteiger partial charge in [0, 0.05) is 10.6 Å². The number of sulfonamides is 1. The second-order valence-corrected chi connectivity index (χ2v) is 7.07. The topological polar surface area (TPSA) is 46.2 Å². The number of nitrogens with one attached hydrogen (secondary N) is 1. The summed E-state index contributed by atoms with van der Waals surface area (Å²) >= 11 is 0.368. The van der Waals surface area contributed by atoms with Crippen molar-refractivity contribution >= 4 is 27.5 Å². The average Bonchev–Trinajstić information content (AvgIpc) is 2.38. The standard InChI is InChI=1S/C14H13F2NO2S2/c1-10-5-7-13(8-6-10)21(18,19)17-11-3-2-4-12(9-11)20-14(15)16/h2-9,14,17H,1H3. The summed E-state index contributed by atoms with van der Waals surface area (Å²) in [6, 6.07) is 12.3. The Hall–Kier alpha value is -1.60. The number of benzene rings is 2. The molecule has 0 aromatic heterocycles. The van der Waals surface area contributed by atoms with Crippen LogP contribution >= 0.6 is 11.8 Å². The molecule has 0 saturated carbocycles. The lowest BCUT2D eigenvalue weighted by Gasteiger charge is -2.09. The van der Waals surface area contributed by atoms with Crippen LogP contribution in [-0.4, -0.2) is 14.2 Å². The van der Waals surface area contributed by atoms with Crippen LogP contribution in [0.5, 0.6) is 0 Å². The molecule has 2 aromatic rings. The van der Waals surface area contributed by atoms with Crippen LogP contribution in [0.3, 0.4) is 0 Å². The van der Waals surface area contributed by atoms with Crippen LogP contribution < -0.4 is 4.72 Å². The van der Waals surface area contributed by atoms with Crippen molar-refractivity contribution in [1.29, 1.82) is 0 Å². The first-order chi connectivity index (χ1) is 9.87. The van der Waals surface area contributed by atoms with Crippen molar-refractivity contribution in [1.82, 2.24) is 0 Å². The Labute approximate surface area is 126 Å². The molecular weight excluding hydrogens is 316 g/mol. The Morgan fingerprint density at radius 2 is 1.76 bits per heavy atom. The van der Waals surface area contributed by atoms with Gasteiger partial charge < -0.3 is 0 Å². The lowest BCUT2D eigenvalue weighted by Crippen LogP contribution is -2.12. The van der Waals surface area contributed by atoms with Crippen LogP contribution in [0, 0.1) is 6.92 Å². The fourth-order valence-corrected chi connectivity index (χ4v) is 3.27. The summed E-state index contributed by atoms with van der Waals surface area (Å²) in [6.45, 7) is 1.86. The molecule has 0 unspecified atom stereocenters.